The number of hydrogen-bond acceptors (Lipinski definition) is 5. The Morgan fingerprint density at radius 1 is 0.559 bits per heavy atom. The highest BCUT2D eigenvalue weighted by Gasteiger charge is 2.24. The van der Waals surface area contributed by atoms with E-state index in [4.69, 9.17) is 0 Å². The van der Waals surface area contributed by atoms with E-state index in [2.05, 4.69) is 66.8 Å². The molecule has 182 valence electrons. The van der Waals surface area contributed by atoms with Gasteiger partial charge in [0.15, 0.2) is 0 Å². The number of rotatable bonds is 4. The Kier molecular flexibility index (Phi) is 7.31. The van der Waals surface area contributed by atoms with Crippen molar-refractivity contribution in [3.05, 3.63) is 75.3 Å². The van der Waals surface area contributed by atoms with Crippen LogP contribution in [0.2, 0.25) is 0 Å². The second-order valence-electron chi connectivity index (χ2n) is 11.3. The summed E-state index contributed by atoms with van der Waals surface area (Å²) in [6.07, 6.45) is 0.741. The third-order valence-corrected chi connectivity index (χ3v) is 6.65. The average Bonchev–Trinajstić information content (AvgIpc) is 2.68. The van der Waals surface area contributed by atoms with Crippen molar-refractivity contribution >= 4 is 25.3 Å². The molecule has 5 heteroatoms. The number of aromatic hydroxyl groups is 3. The maximum Gasteiger partial charge on any atom is 0.122 e. The van der Waals surface area contributed by atoms with Gasteiger partial charge >= 0.3 is 0 Å². The van der Waals surface area contributed by atoms with E-state index in [1.807, 2.05) is 43.3 Å². The highest BCUT2D eigenvalue weighted by Crippen LogP contribution is 2.40. The Bertz CT molecular complexity index is 1140. The molecule has 0 aliphatic rings. The summed E-state index contributed by atoms with van der Waals surface area (Å²) in [7, 11) is 0. The lowest BCUT2D eigenvalue weighted by Gasteiger charge is -2.23. The van der Waals surface area contributed by atoms with Gasteiger partial charge in [-0.05, 0) is 64.3 Å². The van der Waals surface area contributed by atoms with Gasteiger partial charge in [-0.2, -0.15) is 0 Å². The first kappa shape index (κ1) is 26.4. The molecule has 34 heavy (non-hydrogen) atoms. The van der Waals surface area contributed by atoms with E-state index in [1.54, 1.807) is 0 Å². The molecule has 0 spiro atoms. The topological polar surface area (TPSA) is 60.7 Å². The molecule has 0 heterocycles. The normalized spacial score (nSPS) is 12.3. The van der Waals surface area contributed by atoms with Crippen molar-refractivity contribution in [3.8, 4) is 17.2 Å². The molecule has 0 bridgehead atoms. The average molecular weight is 497 g/mol. The predicted molar refractivity (Wildman–Crippen MR) is 147 cm³/mol. The molecule has 0 aliphatic heterocycles. The standard InChI is InChI=1S/C29H36O3S2/c1-16-8-17(10-19-12-21(33)14-23(26(19)31)28(2,3)4)25(30)18(9-16)11-20-13-22(34)15-24(27(20)32)29(5,6)7/h8-9,12-15,30-34H,10-11H2,1-7H3. The molecule has 0 saturated heterocycles. The van der Waals surface area contributed by atoms with E-state index < -0.39 is 0 Å². The minimum Gasteiger partial charge on any atom is -0.507 e. The van der Waals surface area contributed by atoms with Crippen LogP contribution >= 0.6 is 25.3 Å². The largest absolute Gasteiger partial charge is 0.507 e. The van der Waals surface area contributed by atoms with Crippen LogP contribution in [-0.2, 0) is 23.7 Å². The van der Waals surface area contributed by atoms with Gasteiger partial charge in [-0.3, -0.25) is 0 Å². The lowest BCUT2D eigenvalue weighted by Crippen LogP contribution is -2.12. The molecule has 0 unspecified atom stereocenters. The van der Waals surface area contributed by atoms with Gasteiger partial charge in [0, 0.05) is 33.8 Å². The lowest BCUT2D eigenvalue weighted by molar-refractivity contribution is 0.438. The molecule has 3 rings (SSSR count). The maximum absolute atomic E-state index is 11.2. The van der Waals surface area contributed by atoms with Crippen molar-refractivity contribution in [2.75, 3.05) is 0 Å². The summed E-state index contributed by atoms with van der Waals surface area (Å²) in [5, 5.41) is 33.2. The van der Waals surface area contributed by atoms with Crippen molar-refractivity contribution < 1.29 is 15.3 Å². The molecule has 3 aromatic rings. The third kappa shape index (κ3) is 5.69. The fourth-order valence-corrected chi connectivity index (χ4v) is 4.95. The minimum absolute atomic E-state index is 0.174. The second-order valence-corrected chi connectivity index (χ2v) is 12.3. The van der Waals surface area contributed by atoms with Crippen LogP contribution in [-0.4, -0.2) is 15.3 Å². The van der Waals surface area contributed by atoms with Crippen molar-refractivity contribution in [2.45, 2.75) is 81.9 Å². The number of aryl methyl sites for hydroxylation is 1. The van der Waals surface area contributed by atoms with Crippen LogP contribution in [0.1, 0.15) is 80.5 Å². The first-order valence-electron chi connectivity index (χ1n) is 11.5. The second kappa shape index (κ2) is 9.43. The maximum atomic E-state index is 11.2. The van der Waals surface area contributed by atoms with Crippen LogP contribution < -0.4 is 0 Å². The number of phenols is 3. The van der Waals surface area contributed by atoms with E-state index >= 15 is 0 Å². The van der Waals surface area contributed by atoms with E-state index in [1.165, 1.54) is 0 Å². The quantitative estimate of drug-likeness (QED) is 0.244. The molecule has 3 aromatic carbocycles. The van der Waals surface area contributed by atoms with Crippen LogP contribution in [0.15, 0.2) is 46.2 Å². The Morgan fingerprint density at radius 3 is 1.21 bits per heavy atom. The number of benzene rings is 3. The zero-order chi connectivity index (χ0) is 25.6. The number of thiol groups is 2. The van der Waals surface area contributed by atoms with Gasteiger partial charge in [0.25, 0.3) is 0 Å². The highest BCUT2D eigenvalue weighted by atomic mass is 32.1. The van der Waals surface area contributed by atoms with Crippen LogP contribution in [0.3, 0.4) is 0 Å². The molecular weight excluding hydrogens is 460 g/mol. The summed E-state index contributed by atoms with van der Waals surface area (Å²) in [5.41, 5.74) is 5.06. The number of phenolic OH excluding ortho intramolecular Hbond substituents is 3. The molecule has 0 aromatic heterocycles. The molecule has 0 fully saturated rings. The number of hydrogen-bond donors (Lipinski definition) is 5. The lowest BCUT2D eigenvalue weighted by atomic mass is 9.83. The smallest absolute Gasteiger partial charge is 0.122 e. The molecule has 3 nitrogen and oxygen atoms in total. The Morgan fingerprint density at radius 2 is 0.882 bits per heavy atom. The summed E-state index contributed by atoms with van der Waals surface area (Å²) >= 11 is 9.09. The monoisotopic (exact) mass is 496 g/mol. The van der Waals surface area contributed by atoms with Gasteiger partial charge in [-0.1, -0.05) is 59.2 Å². The molecule has 0 saturated carbocycles. The summed E-state index contributed by atoms with van der Waals surface area (Å²) in [5.74, 6) is 0.652. The van der Waals surface area contributed by atoms with Crippen molar-refractivity contribution in [1.29, 1.82) is 0 Å². The zero-order valence-corrected chi connectivity index (χ0v) is 22.9. The van der Waals surface area contributed by atoms with Crippen LogP contribution in [0.4, 0.5) is 0 Å². The zero-order valence-electron chi connectivity index (χ0n) is 21.1. The van der Waals surface area contributed by atoms with E-state index in [-0.39, 0.29) is 28.1 Å². The first-order chi connectivity index (χ1) is 15.6. The van der Waals surface area contributed by atoms with Crippen LogP contribution in [0.5, 0.6) is 17.2 Å². The SMILES string of the molecule is Cc1cc(Cc2cc(S)cc(C(C)(C)C)c2O)c(O)c(Cc2cc(S)cc(C(C)(C)C)c2O)c1. The predicted octanol–water partition coefficient (Wildman–Crippen LogP) is 7.47. The summed E-state index contributed by atoms with van der Waals surface area (Å²) < 4.78 is 0. The van der Waals surface area contributed by atoms with E-state index in [9.17, 15) is 15.3 Å². The molecule has 3 N–H and O–H groups in total. The first-order valence-corrected chi connectivity index (χ1v) is 12.4. The molecule has 0 radical (unpaired) electrons. The fraction of sp³-hybridized carbons (Fsp3) is 0.379. The molecule has 0 atom stereocenters. The van der Waals surface area contributed by atoms with Gasteiger partial charge in [0.2, 0.25) is 0 Å². The van der Waals surface area contributed by atoms with Gasteiger partial charge in [-0.25, -0.2) is 0 Å². The van der Waals surface area contributed by atoms with E-state index in [0.29, 0.717) is 12.8 Å². The molecular formula is C29H36O3S2. The van der Waals surface area contributed by atoms with Crippen molar-refractivity contribution in [3.63, 3.8) is 0 Å². The summed E-state index contributed by atoms with van der Waals surface area (Å²) in [6.45, 7) is 14.3. The van der Waals surface area contributed by atoms with Gasteiger partial charge in [0.1, 0.15) is 17.2 Å². The third-order valence-electron chi connectivity index (χ3n) is 6.14. The Labute approximate surface area is 214 Å². The molecule has 0 aliphatic carbocycles. The molecule has 0 amide bonds. The van der Waals surface area contributed by atoms with E-state index in [0.717, 1.165) is 48.7 Å². The van der Waals surface area contributed by atoms with Crippen molar-refractivity contribution in [1.82, 2.24) is 0 Å². The van der Waals surface area contributed by atoms with Crippen LogP contribution in [0.25, 0.3) is 0 Å². The van der Waals surface area contributed by atoms with Crippen molar-refractivity contribution in [2.24, 2.45) is 0 Å². The summed E-state index contributed by atoms with van der Waals surface area (Å²) in [4.78, 5) is 1.55. The fourth-order valence-electron chi connectivity index (χ4n) is 4.38. The van der Waals surface area contributed by atoms with Crippen LogP contribution in [0, 0.1) is 6.92 Å². The Hall–Kier alpha value is -2.24. The van der Waals surface area contributed by atoms with Gasteiger partial charge < -0.3 is 15.3 Å². The minimum atomic E-state index is -0.239. The van der Waals surface area contributed by atoms with Gasteiger partial charge in [0.05, 0.1) is 0 Å². The summed E-state index contributed by atoms with van der Waals surface area (Å²) in [6, 6.07) is 11.4. The Balaban J connectivity index is 2.06. The highest BCUT2D eigenvalue weighted by molar-refractivity contribution is 7.80. The van der Waals surface area contributed by atoms with Gasteiger partial charge in [-0.15, -0.1) is 25.3 Å².